The highest BCUT2D eigenvalue weighted by Crippen LogP contribution is 2.12. The molecule has 0 bridgehead atoms. The molecule has 0 spiro atoms. The smallest absolute Gasteiger partial charge is 0.0286 e. The summed E-state index contributed by atoms with van der Waals surface area (Å²) in [4.78, 5) is 0. The number of rotatable bonds is 3. The SMILES string of the molecule is C=C(NC(C)(C)C)C(C)CC. The van der Waals surface area contributed by atoms with E-state index in [9.17, 15) is 0 Å². The molecule has 1 atom stereocenters. The van der Waals surface area contributed by atoms with Crippen LogP contribution in [0.5, 0.6) is 0 Å². The number of nitrogens with one attached hydrogen (secondary N) is 1. The van der Waals surface area contributed by atoms with Gasteiger partial charge in [-0.1, -0.05) is 20.4 Å². The van der Waals surface area contributed by atoms with Gasteiger partial charge in [-0.05, 0) is 33.1 Å². The lowest BCUT2D eigenvalue weighted by molar-refractivity contribution is 0.435. The van der Waals surface area contributed by atoms with Crippen LogP contribution in [0.3, 0.4) is 0 Å². The maximum absolute atomic E-state index is 4.00. The highest BCUT2D eigenvalue weighted by atomic mass is 15.0. The van der Waals surface area contributed by atoms with Crippen LogP contribution in [0.25, 0.3) is 0 Å². The van der Waals surface area contributed by atoms with Gasteiger partial charge in [0.25, 0.3) is 0 Å². The van der Waals surface area contributed by atoms with Gasteiger partial charge < -0.3 is 5.32 Å². The van der Waals surface area contributed by atoms with Gasteiger partial charge in [-0.25, -0.2) is 0 Å². The van der Waals surface area contributed by atoms with Crippen LogP contribution in [0, 0.1) is 5.92 Å². The molecule has 0 aliphatic carbocycles. The van der Waals surface area contributed by atoms with Crippen LogP contribution < -0.4 is 5.32 Å². The minimum atomic E-state index is 0.153. The summed E-state index contributed by atoms with van der Waals surface area (Å²) in [6, 6.07) is 0. The summed E-state index contributed by atoms with van der Waals surface area (Å²) in [6.45, 7) is 14.8. The zero-order valence-corrected chi connectivity index (χ0v) is 8.49. The van der Waals surface area contributed by atoms with E-state index < -0.39 is 0 Å². The third-order valence-electron chi connectivity index (χ3n) is 1.74. The average Bonchev–Trinajstić information content (AvgIpc) is 1.82. The normalized spacial score (nSPS) is 14.3. The molecule has 1 N–H and O–H groups in total. The molecule has 0 amide bonds. The molecule has 0 heterocycles. The van der Waals surface area contributed by atoms with Gasteiger partial charge in [0.15, 0.2) is 0 Å². The fraction of sp³-hybridized carbons (Fsp3) is 0.800. The van der Waals surface area contributed by atoms with E-state index in [2.05, 4.69) is 46.5 Å². The minimum absolute atomic E-state index is 0.153. The van der Waals surface area contributed by atoms with Gasteiger partial charge in [0, 0.05) is 11.2 Å². The van der Waals surface area contributed by atoms with Gasteiger partial charge in [-0.2, -0.15) is 0 Å². The molecule has 0 aliphatic heterocycles. The standard InChI is InChI=1S/C10H21N/c1-7-8(2)9(3)11-10(4,5)6/h8,11H,3,7H2,1-2,4-6H3. The molecule has 1 nitrogen and oxygen atoms in total. The van der Waals surface area contributed by atoms with Gasteiger partial charge in [0.05, 0.1) is 0 Å². The lowest BCUT2D eigenvalue weighted by Gasteiger charge is -2.26. The summed E-state index contributed by atoms with van der Waals surface area (Å²) in [5.41, 5.74) is 1.31. The van der Waals surface area contributed by atoms with Crippen LogP contribution >= 0.6 is 0 Å². The second-order valence-corrected chi connectivity index (χ2v) is 4.21. The van der Waals surface area contributed by atoms with Crippen molar-refractivity contribution in [3.63, 3.8) is 0 Å². The molecular formula is C10H21N. The van der Waals surface area contributed by atoms with Gasteiger partial charge in [-0.3, -0.25) is 0 Å². The van der Waals surface area contributed by atoms with Gasteiger partial charge in [0.2, 0.25) is 0 Å². The number of allylic oxidation sites excluding steroid dienone is 1. The minimum Gasteiger partial charge on any atom is -0.384 e. The Hall–Kier alpha value is -0.460. The lowest BCUT2D eigenvalue weighted by Crippen LogP contribution is -2.36. The van der Waals surface area contributed by atoms with E-state index in [1.54, 1.807) is 0 Å². The number of hydrogen-bond acceptors (Lipinski definition) is 1. The highest BCUT2D eigenvalue weighted by Gasteiger charge is 2.12. The Morgan fingerprint density at radius 1 is 1.45 bits per heavy atom. The molecule has 0 saturated carbocycles. The van der Waals surface area contributed by atoms with E-state index in [0.29, 0.717) is 5.92 Å². The first kappa shape index (κ1) is 10.5. The molecule has 0 rings (SSSR count). The van der Waals surface area contributed by atoms with Crippen LogP contribution in [0.4, 0.5) is 0 Å². The van der Waals surface area contributed by atoms with Crippen molar-refractivity contribution in [1.82, 2.24) is 5.32 Å². The van der Waals surface area contributed by atoms with Crippen molar-refractivity contribution in [3.05, 3.63) is 12.3 Å². The van der Waals surface area contributed by atoms with E-state index >= 15 is 0 Å². The molecule has 0 aliphatic rings. The fourth-order valence-electron chi connectivity index (χ4n) is 0.851. The van der Waals surface area contributed by atoms with Crippen molar-refractivity contribution in [3.8, 4) is 0 Å². The van der Waals surface area contributed by atoms with Crippen LogP contribution in [-0.4, -0.2) is 5.54 Å². The molecule has 0 saturated heterocycles. The summed E-state index contributed by atoms with van der Waals surface area (Å²) < 4.78 is 0. The zero-order valence-electron chi connectivity index (χ0n) is 8.49. The summed E-state index contributed by atoms with van der Waals surface area (Å²) in [5, 5.41) is 3.38. The van der Waals surface area contributed by atoms with Crippen molar-refractivity contribution >= 4 is 0 Å². The maximum atomic E-state index is 4.00. The first-order valence-corrected chi connectivity index (χ1v) is 4.33. The Morgan fingerprint density at radius 3 is 2.18 bits per heavy atom. The van der Waals surface area contributed by atoms with Crippen LogP contribution in [0.2, 0.25) is 0 Å². The molecule has 11 heavy (non-hydrogen) atoms. The van der Waals surface area contributed by atoms with Crippen molar-refractivity contribution in [2.24, 2.45) is 5.92 Å². The zero-order chi connectivity index (χ0) is 9.07. The fourth-order valence-corrected chi connectivity index (χ4v) is 0.851. The molecule has 0 aromatic rings. The Labute approximate surface area is 70.9 Å². The predicted molar refractivity (Wildman–Crippen MR) is 51.5 cm³/mol. The molecule has 0 radical (unpaired) electrons. The van der Waals surface area contributed by atoms with Crippen LogP contribution in [0.1, 0.15) is 41.0 Å². The van der Waals surface area contributed by atoms with Crippen molar-refractivity contribution < 1.29 is 0 Å². The lowest BCUT2D eigenvalue weighted by atomic mass is 10.0. The molecule has 0 aromatic carbocycles. The number of hydrogen-bond donors (Lipinski definition) is 1. The van der Waals surface area contributed by atoms with Crippen molar-refractivity contribution in [2.45, 2.75) is 46.6 Å². The predicted octanol–water partition coefficient (Wildman–Crippen LogP) is 2.93. The molecule has 66 valence electrons. The van der Waals surface area contributed by atoms with Crippen LogP contribution in [0.15, 0.2) is 12.3 Å². The van der Waals surface area contributed by atoms with E-state index in [1.165, 1.54) is 0 Å². The van der Waals surface area contributed by atoms with Gasteiger partial charge in [-0.15, -0.1) is 0 Å². The van der Waals surface area contributed by atoms with Gasteiger partial charge in [0.1, 0.15) is 0 Å². The summed E-state index contributed by atoms with van der Waals surface area (Å²) in [5.74, 6) is 0.578. The molecule has 0 aromatic heterocycles. The molecule has 1 unspecified atom stereocenters. The Morgan fingerprint density at radius 2 is 1.91 bits per heavy atom. The third-order valence-corrected chi connectivity index (χ3v) is 1.74. The molecule has 1 heteroatoms. The Balaban J connectivity index is 3.88. The average molecular weight is 155 g/mol. The van der Waals surface area contributed by atoms with E-state index in [-0.39, 0.29) is 5.54 Å². The summed E-state index contributed by atoms with van der Waals surface area (Å²) >= 11 is 0. The van der Waals surface area contributed by atoms with Gasteiger partial charge >= 0.3 is 0 Å². The monoisotopic (exact) mass is 155 g/mol. The topological polar surface area (TPSA) is 12.0 Å². The largest absolute Gasteiger partial charge is 0.384 e. The third kappa shape index (κ3) is 4.88. The van der Waals surface area contributed by atoms with E-state index in [1.807, 2.05) is 0 Å². The van der Waals surface area contributed by atoms with Crippen molar-refractivity contribution in [2.75, 3.05) is 0 Å². The molecule has 0 fully saturated rings. The Bertz CT molecular complexity index is 130. The second-order valence-electron chi connectivity index (χ2n) is 4.21. The quantitative estimate of drug-likeness (QED) is 0.660. The maximum Gasteiger partial charge on any atom is 0.0286 e. The summed E-state index contributed by atoms with van der Waals surface area (Å²) in [7, 11) is 0. The second kappa shape index (κ2) is 3.80. The first-order chi connectivity index (χ1) is 4.87. The highest BCUT2D eigenvalue weighted by molar-refractivity contribution is 4.99. The van der Waals surface area contributed by atoms with E-state index in [4.69, 9.17) is 0 Å². The summed E-state index contributed by atoms with van der Waals surface area (Å²) in [6.07, 6.45) is 1.15. The Kier molecular flexibility index (Phi) is 3.64. The first-order valence-electron chi connectivity index (χ1n) is 4.33. The van der Waals surface area contributed by atoms with Crippen LogP contribution in [-0.2, 0) is 0 Å². The van der Waals surface area contributed by atoms with Crippen molar-refractivity contribution in [1.29, 1.82) is 0 Å². The van der Waals surface area contributed by atoms with E-state index in [0.717, 1.165) is 12.1 Å². The molecular weight excluding hydrogens is 134 g/mol.